The zero-order chi connectivity index (χ0) is 12.6. The van der Waals surface area contributed by atoms with E-state index in [0.717, 1.165) is 17.1 Å². The molecule has 0 aliphatic rings. The lowest BCUT2D eigenvalue weighted by Gasteiger charge is -2.12. The average molecular weight is 265 g/mol. The second-order valence-corrected chi connectivity index (χ2v) is 4.59. The molecular formula is C13H10Cl2N2. The van der Waals surface area contributed by atoms with E-state index in [2.05, 4.69) is 6.07 Å². The Labute approximate surface area is 110 Å². The number of hydrogen-bond acceptors (Lipinski definition) is 1. The highest BCUT2D eigenvalue weighted by Crippen LogP contribution is 2.31. The highest BCUT2D eigenvalue weighted by atomic mass is 35.5. The molecule has 2 nitrogen and oxygen atoms in total. The summed E-state index contributed by atoms with van der Waals surface area (Å²) >= 11 is 12.2. The zero-order valence-corrected chi connectivity index (χ0v) is 11.0. The van der Waals surface area contributed by atoms with Crippen LogP contribution in [0.1, 0.15) is 17.0 Å². The lowest BCUT2D eigenvalue weighted by molar-refractivity contribution is 0.964. The van der Waals surface area contributed by atoms with Crippen LogP contribution < -0.4 is 0 Å². The fourth-order valence-corrected chi connectivity index (χ4v) is 2.29. The van der Waals surface area contributed by atoms with Crippen LogP contribution >= 0.6 is 23.2 Å². The second-order valence-electron chi connectivity index (χ2n) is 3.80. The Balaban J connectivity index is 2.74. The molecule has 2 rings (SSSR count). The van der Waals surface area contributed by atoms with Gasteiger partial charge in [0.25, 0.3) is 0 Å². The molecule has 0 radical (unpaired) electrons. The minimum Gasteiger partial charge on any atom is -0.316 e. The summed E-state index contributed by atoms with van der Waals surface area (Å²) in [6.07, 6.45) is 0. The molecule has 0 amide bonds. The Bertz CT molecular complexity index is 621. The summed E-state index contributed by atoms with van der Waals surface area (Å²) in [4.78, 5) is 0. The fourth-order valence-electron chi connectivity index (χ4n) is 1.91. The maximum atomic E-state index is 9.00. The van der Waals surface area contributed by atoms with Gasteiger partial charge in [0.1, 0.15) is 6.07 Å². The van der Waals surface area contributed by atoms with Gasteiger partial charge >= 0.3 is 0 Å². The molecule has 0 saturated heterocycles. The topological polar surface area (TPSA) is 28.7 Å². The Morgan fingerprint density at radius 3 is 2.53 bits per heavy atom. The van der Waals surface area contributed by atoms with Gasteiger partial charge in [-0.3, -0.25) is 0 Å². The summed E-state index contributed by atoms with van der Waals surface area (Å²) in [5, 5.41) is 10.0. The molecule has 0 saturated carbocycles. The van der Waals surface area contributed by atoms with Gasteiger partial charge in [-0.15, -0.1) is 0 Å². The summed E-state index contributed by atoms with van der Waals surface area (Å²) in [6.45, 7) is 3.83. The van der Waals surface area contributed by atoms with Gasteiger partial charge in [-0.25, -0.2) is 0 Å². The highest BCUT2D eigenvalue weighted by molar-refractivity contribution is 6.43. The minimum absolute atomic E-state index is 0.500. The molecule has 0 atom stereocenters. The van der Waals surface area contributed by atoms with Gasteiger partial charge in [-0.05, 0) is 32.0 Å². The van der Waals surface area contributed by atoms with Crippen molar-refractivity contribution in [2.75, 3.05) is 0 Å². The van der Waals surface area contributed by atoms with E-state index in [1.807, 2.05) is 36.6 Å². The van der Waals surface area contributed by atoms with Crippen molar-refractivity contribution in [2.24, 2.45) is 0 Å². The molecule has 2 aromatic rings. The molecule has 86 valence electrons. The molecule has 0 aliphatic carbocycles. The van der Waals surface area contributed by atoms with Crippen LogP contribution in [0, 0.1) is 25.2 Å². The maximum absolute atomic E-state index is 9.00. The molecule has 0 bridgehead atoms. The Morgan fingerprint density at radius 2 is 1.94 bits per heavy atom. The van der Waals surface area contributed by atoms with Crippen LogP contribution in [0.3, 0.4) is 0 Å². The highest BCUT2D eigenvalue weighted by Gasteiger charge is 2.13. The van der Waals surface area contributed by atoms with Crippen molar-refractivity contribution in [3.63, 3.8) is 0 Å². The summed E-state index contributed by atoms with van der Waals surface area (Å²) in [6, 6.07) is 9.47. The smallest absolute Gasteiger partial charge is 0.101 e. The predicted molar refractivity (Wildman–Crippen MR) is 70.0 cm³/mol. The van der Waals surface area contributed by atoms with Gasteiger partial charge in [0.05, 0.1) is 21.3 Å². The first-order chi connectivity index (χ1) is 8.06. The molecular weight excluding hydrogens is 255 g/mol. The lowest BCUT2D eigenvalue weighted by Crippen LogP contribution is -2.00. The van der Waals surface area contributed by atoms with Crippen LogP contribution in [0.2, 0.25) is 10.0 Å². The molecule has 0 unspecified atom stereocenters. The quantitative estimate of drug-likeness (QED) is 0.756. The number of halogens is 2. The average Bonchev–Trinajstić information content (AvgIpc) is 2.58. The van der Waals surface area contributed by atoms with Crippen molar-refractivity contribution < 1.29 is 0 Å². The van der Waals surface area contributed by atoms with Crippen LogP contribution in [0.5, 0.6) is 0 Å². The number of aryl methyl sites for hydroxylation is 1. The van der Waals surface area contributed by atoms with Gasteiger partial charge in [0.2, 0.25) is 0 Å². The molecule has 17 heavy (non-hydrogen) atoms. The second kappa shape index (κ2) is 4.44. The van der Waals surface area contributed by atoms with E-state index < -0.39 is 0 Å². The van der Waals surface area contributed by atoms with Gasteiger partial charge in [0, 0.05) is 11.4 Å². The van der Waals surface area contributed by atoms with Crippen molar-refractivity contribution in [2.45, 2.75) is 13.8 Å². The normalized spacial score (nSPS) is 10.3. The minimum atomic E-state index is 0.500. The number of aromatic nitrogens is 1. The third-order valence-corrected chi connectivity index (χ3v) is 3.53. The number of nitrogens with zero attached hydrogens (tertiary/aromatic N) is 2. The summed E-state index contributed by atoms with van der Waals surface area (Å²) < 4.78 is 1.94. The van der Waals surface area contributed by atoms with Crippen LogP contribution in [0.25, 0.3) is 5.69 Å². The van der Waals surface area contributed by atoms with Gasteiger partial charge in [-0.1, -0.05) is 29.3 Å². The van der Waals surface area contributed by atoms with Crippen LogP contribution in [0.4, 0.5) is 0 Å². The largest absolute Gasteiger partial charge is 0.316 e. The molecule has 1 aromatic carbocycles. The molecule has 0 N–H and O–H groups in total. The third-order valence-electron chi connectivity index (χ3n) is 2.72. The van der Waals surface area contributed by atoms with Gasteiger partial charge < -0.3 is 4.57 Å². The summed E-state index contributed by atoms with van der Waals surface area (Å²) in [7, 11) is 0. The predicted octanol–water partition coefficient (Wildman–Crippen LogP) is 4.27. The molecule has 4 heteroatoms. The standard InChI is InChI=1S/C13H10Cl2N2/c1-8-6-10(7-16)9(2)17(8)12-5-3-4-11(14)13(12)15/h3-6H,1-2H3. The van der Waals surface area contributed by atoms with E-state index in [1.54, 1.807) is 6.07 Å². The van der Waals surface area contributed by atoms with Crippen LogP contribution in [0.15, 0.2) is 24.3 Å². The molecule has 0 spiro atoms. The number of benzene rings is 1. The van der Waals surface area contributed by atoms with E-state index in [4.69, 9.17) is 28.5 Å². The fraction of sp³-hybridized carbons (Fsp3) is 0.154. The monoisotopic (exact) mass is 264 g/mol. The first-order valence-corrected chi connectivity index (χ1v) is 5.85. The van der Waals surface area contributed by atoms with Gasteiger partial charge in [0.15, 0.2) is 0 Å². The summed E-state index contributed by atoms with van der Waals surface area (Å²) in [5.41, 5.74) is 3.28. The van der Waals surface area contributed by atoms with E-state index in [-0.39, 0.29) is 0 Å². The van der Waals surface area contributed by atoms with E-state index in [1.165, 1.54) is 0 Å². The summed E-state index contributed by atoms with van der Waals surface area (Å²) in [5.74, 6) is 0. The maximum Gasteiger partial charge on any atom is 0.101 e. The third kappa shape index (κ3) is 1.93. The lowest BCUT2D eigenvalue weighted by atomic mass is 10.2. The molecule has 1 aromatic heterocycles. The molecule has 0 aliphatic heterocycles. The Kier molecular flexibility index (Phi) is 3.15. The number of hydrogen-bond donors (Lipinski definition) is 0. The first kappa shape index (κ1) is 12.0. The van der Waals surface area contributed by atoms with Crippen molar-refractivity contribution in [1.29, 1.82) is 5.26 Å². The van der Waals surface area contributed by atoms with Crippen LogP contribution in [-0.2, 0) is 0 Å². The van der Waals surface area contributed by atoms with E-state index in [0.29, 0.717) is 15.6 Å². The first-order valence-electron chi connectivity index (χ1n) is 5.09. The number of rotatable bonds is 1. The number of nitriles is 1. The molecule has 1 heterocycles. The Hall–Kier alpha value is -1.43. The van der Waals surface area contributed by atoms with Crippen molar-refractivity contribution >= 4 is 23.2 Å². The van der Waals surface area contributed by atoms with Crippen molar-refractivity contribution in [3.05, 3.63) is 51.3 Å². The van der Waals surface area contributed by atoms with Crippen molar-refractivity contribution in [1.82, 2.24) is 4.57 Å². The molecule has 0 fully saturated rings. The van der Waals surface area contributed by atoms with E-state index in [9.17, 15) is 0 Å². The van der Waals surface area contributed by atoms with Crippen LogP contribution in [-0.4, -0.2) is 4.57 Å². The SMILES string of the molecule is Cc1cc(C#N)c(C)n1-c1cccc(Cl)c1Cl. The van der Waals surface area contributed by atoms with Gasteiger partial charge in [-0.2, -0.15) is 5.26 Å². The Morgan fingerprint density at radius 1 is 1.24 bits per heavy atom. The van der Waals surface area contributed by atoms with E-state index >= 15 is 0 Å². The zero-order valence-electron chi connectivity index (χ0n) is 9.46. The van der Waals surface area contributed by atoms with Crippen molar-refractivity contribution in [3.8, 4) is 11.8 Å².